The van der Waals surface area contributed by atoms with E-state index < -0.39 is 39.8 Å². The number of carbonyl (C=O) groups excluding carboxylic acids is 1. The standard InChI is InChI=1S/C19H20F3N3O5S/c1-4-18(9-26)10-30-16-14(31(28,29)24-18)8-25(3)15(16)17(27)23-12-6-5-11(2)13(7-12)19(20,21)22/h4-8,24,26H,1,9-10H2,2-3H3,(H,23,27). The summed E-state index contributed by atoms with van der Waals surface area (Å²) in [7, 11) is -2.81. The molecule has 3 N–H and O–H groups in total. The second kappa shape index (κ2) is 7.70. The fourth-order valence-corrected chi connectivity index (χ4v) is 4.71. The van der Waals surface area contributed by atoms with Gasteiger partial charge in [-0.25, -0.2) is 8.42 Å². The van der Waals surface area contributed by atoms with Crippen LogP contribution in [0.25, 0.3) is 0 Å². The SMILES string of the molecule is C=CC1(CO)COc2c(cn(C)c2C(=O)Nc2ccc(C)c(C(F)(F)F)c2)S(=O)(=O)N1. The van der Waals surface area contributed by atoms with Gasteiger partial charge in [0.1, 0.15) is 17.0 Å². The van der Waals surface area contributed by atoms with Gasteiger partial charge in [0.2, 0.25) is 10.0 Å². The van der Waals surface area contributed by atoms with Crippen molar-refractivity contribution in [3.05, 3.63) is 53.9 Å². The van der Waals surface area contributed by atoms with Gasteiger partial charge in [-0.1, -0.05) is 12.1 Å². The zero-order valence-corrected chi connectivity index (χ0v) is 17.4. The van der Waals surface area contributed by atoms with E-state index in [4.69, 9.17) is 4.74 Å². The van der Waals surface area contributed by atoms with Crippen LogP contribution in [0.5, 0.6) is 5.75 Å². The number of benzene rings is 1. The second-order valence-corrected chi connectivity index (χ2v) is 8.83. The Labute approximate surface area is 176 Å². The molecule has 0 aliphatic carbocycles. The van der Waals surface area contributed by atoms with Gasteiger partial charge in [-0.3, -0.25) is 4.79 Å². The molecule has 0 fully saturated rings. The minimum Gasteiger partial charge on any atom is -0.487 e. The van der Waals surface area contributed by atoms with E-state index in [2.05, 4.69) is 16.6 Å². The Morgan fingerprint density at radius 3 is 2.71 bits per heavy atom. The number of aryl methyl sites for hydroxylation is 2. The summed E-state index contributed by atoms with van der Waals surface area (Å²) in [5.41, 5.74) is -2.76. The summed E-state index contributed by atoms with van der Waals surface area (Å²) >= 11 is 0. The highest BCUT2D eigenvalue weighted by Crippen LogP contribution is 2.36. The first-order valence-corrected chi connectivity index (χ1v) is 10.4. The van der Waals surface area contributed by atoms with Gasteiger partial charge in [0.05, 0.1) is 12.2 Å². The third-order valence-corrected chi connectivity index (χ3v) is 6.44. The van der Waals surface area contributed by atoms with Gasteiger partial charge in [0.25, 0.3) is 5.91 Å². The van der Waals surface area contributed by atoms with Crippen molar-refractivity contribution in [2.24, 2.45) is 7.05 Å². The molecule has 8 nitrogen and oxygen atoms in total. The molecule has 0 radical (unpaired) electrons. The number of amides is 1. The van der Waals surface area contributed by atoms with E-state index in [9.17, 15) is 31.5 Å². The second-order valence-electron chi connectivity index (χ2n) is 7.18. The number of hydrogen-bond acceptors (Lipinski definition) is 5. The van der Waals surface area contributed by atoms with Crippen molar-refractivity contribution < 1.29 is 36.2 Å². The van der Waals surface area contributed by atoms with Crippen LogP contribution < -0.4 is 14.8 Å². The Bertz CT molecular complexity index is 1160. The maximum atomic E-state index is 13.2. The van der Waals surface area contributed by atoms with Crippen molar-refractivity contribution in [3.63, 3.8) is 0 Å². The number of alkyl halides is 3. The van der Waals surface area contributed by atoms with Crippen molar-refractivity contribution in [3.8, 4) is 5.75 Å². The van der Waals surface area contributed by atoms with E-state index in [1.807, 2.05) is 0 Å². The number of aliphatic hydroxyl groups is 1. The van der Waals surface area contributed by atoms with Gasteiger partial charge in [0, 0.05) is 18.9 Å². The number of halogens is 3. The van der Waals surface area contributed by atoms with Crippen molar-refractivity contribution in [2.75, 3.05) is 18.5 Å². The average molecular weight is 459 g/mol. The molecule has 0 bridgehead atoms. The molecule has 31 heavy (non-hydrogen) atoms. The minimum absolute atomic E-state index is 0.0106. The summed E-state index contributed by atoms with van der Waals surface area (Å²) < 4.78 is 74.0. The first kappa shape index (κ1) is 22.8. The third kappa shape index (κ3) is 4.18. The molecule has 0 spiro atoms. The molecule has 0 saturated carbocycles. The van der Waals surface area contributed by atoms with E-state index >= 15 is 0 Å². The molecule has 1 unspecified atom stereocenters. The molecule has 1 aliphatic rings. The number of sulfonamides is 1. The normalized spacial score (nSPS) is 20.3. The molecule has 1 aromatic carbocycles. The quantitative estimate of drug-likeness (QED) is 0.608. The largest absolute Gasteiger partial charge is 0.487 e. The zero-order valence-electron chi connectivity index (χ0n) is 16.6. The molecule has 2 aromatic rings. The number of rotatable bonds is 4. The molecular weight excluding hydrogens is 439 g/mol. The average Bonchev–Trinajstić information content (AvgIpc) is 2.98. The van der Waals surface area contributed by atoms with Crippen molar-refractivity contribution in [1.29, 1.82) is 0 Å². The molecule has 12 heteroatoms. The van der Waals surface area contributed by atoms with E-state index in [1.54, 1.807) is 0 Å². The topological polar surface area (TPSA) is 110 Å². The number of aromatic nitrogens is 1. The Hall–Kier alpha value is -2.83. The maximum absolute atomic E-state index is 13.2. The molecule has 1 aliphatic heterocycles. The van der Waals surface area contributed by atoms with E-state index in [-0.39, 0.29) is 34.2 Å². The lowest BCUT2D eigenvalue weighted by Crippen LogP contribution is -2.52. The number of carbonyl (C=O) groups is 1. The van der Waals surface area contributed by atoms with Crippen molar-refractivity contribution in [1.82, 2.24) is 9.29 Å². The molecule has 3 rings (SSSR count). The summed E-state index contributed by atoms with van der Waals surface area (Å²) in [6, 6.07) is 3.31. The fraction of sp³-hybridized carbons (Fsp3) is 0.316. The number of nitrogens with zero attached hydrogens (tertiary/aromatic N) is 1. The number of fused-ring (bicyclic) bond motifs is 1. The number of ether oxygens (including phenoxy) is 1. The Balaban J connectivity index is 2.01. The first-order chi connectivity index (χ1) is 14.3. The lowest BCUT2D eigenvalue weighted by atomic mass is 10.0. The summed E-state index contributed by atoms with van der Waals surface area (Å²) in [6.45, 7) is 3.80. The van der Waals surface area contributed by atoms with E-state index in [0.717, 1.165) is 12.3 Å². The summed E-state index contributed by atoms with van der Waals surface area (Å²) in [5.74, 6) is -1.15. The molecule has 1 atom stereocenters. The third-order valence-electron chi connectivity index (χ3n) is 4.89. The van der Waals surface area contributed by atoms with Crippen LogP contribution in [0.1, 0.15) is 21.6 Å². The lowest BCUT2D eigenvalue weighted by Gasteiger charge is -2.26. The van der Waals surface area contributed by atoms with Crippen LogP contribution >= 0.6 is 0 Å². The van der Waals surface area contributed by atoms with Gasteiger partial charge in [0.15, 0.2) is 11.4 Å². The van der Waals surface area contributed by atoms with E-state index in [0.29, 0.717) is 0 Å². The predicted octanol–water partition coefficient (Wildman–Crippen LogP) is 2.19. The number of anilines is 1. The number of aliphatic hydroxyl groups excluding tert-OH is 1. The fourth-order valence-electron chi connectivity index (χ4n) is 3.16. The van der Waals surface area contributed by atoms with Crippen LogP contribution in [-0.2, 0) is 23.2 Å². The van der Waals surface area contributed by atoms with Crippen LogP contribution in [0.4, 0.5) is 18.9 Å². The lowest BCUT2D eigenvalue weighted by molar-refractivity contribution is -0.138. The molecule has 168 valence electrons. The van der Waals surface area contributed by atoms with Gasteiger partial charge in [-0.2, -0.15) is 17.9 Å². The van der Waals surface area contributed by atoms with Gasteiger partial charge in [-0.15, -0.1) is 6.58 Å². The summed E-state index contributed by atoms with van der Waals surface area (Å²) in [6.07, 6.45) is -2.28. The molecule has 0 saturated heterocycles. The molecule has 1 aromatic heterocycles. The summed E-state index contributed by atoms with van der Waals surface area (Å²) in [5, 5.41) is 11.9. The minimum atomic E-state index is -4.60. The summed E-state index contributed by atoms with van der Waals surface area (Å²) in [4.78, 5) is 12.5. The van der Waals surface area contributed by atoms with Gasteiger partial charge < -0.3 is 19.7 Å². The smallest absolute Gasteiger partial charge is 0.416 e. The highest BCUT2D eigenvalue weighted by molar-refractivity contribution is 7.89. The Kier molecular flexibility index (Phi) is 5.67. The van der Waals surface area contributed by atoms with Crippen LogP contribution in [0.2, 0.25) is 0 Å². The zero-order chi connectivity index (χ0) is 23.2. The highest BCUT2D eigenvalue weighted by atomic mass is 32.2. The van der Waals surface area contributed by atoms with Crippen molar-refractivity contribution >= 4 is 21.6 Å². The Morgan fingerprint density at radius 2 is 2.13 bits per heavy atom. The molecular formula is C19H20F3N3O5S. The first-order valence-electron chi connectivity index (χ1n) is 8.93. The monoisotopic (exact) mass is 459 g/mol. The highest BCUT2D eigenvalue weighted by Gasteiger charge is 2.41. The molecule has 1 amide bonds. The van der Waals surface area contributed by atoms with Crippen LogP contribution in [0, 0.1) is 6.92 Å². The van der Waals surface area contributed by atoms with Crippen LogP contribution in [-0.4, -0.2) is 42.8 Å². The Morgan fingerprint density at radius 1 is 1.45 bits per heavy atom. The van der Waals surface area contributed by atoms with Crippen LogP contribution in [0.3, 0.4) is 0 Å². The predicted molar refractivity (Wildman–Crippen MR) is 105 cm³/mol. The van der Waals surface area contributed by atoms with Gasteiger partial charge in [-0.05, 0) is 24.6 Å². The van der Waals surface area contributed by atoms with Crippen LogP contribution in [0.15, 0.2) is 41.9 Å². The maximum Gasteiger partial charge on any atom is 0.416 e. The van der Waals surface area contributed by atoms with E-state index in [1.165, 1.54) is 36.7 Å². The number of nitrogens with one attached hydrogen (secondary N) is 2. The molecule has 2 heterocycles. The number of hydrogen-bond donors (Lipinski definition) is 3. The van der Waals surface area contributed by atoms with Gasteiger partial charge >= 0.3 is 6.18 Å². The van der Waals surface area contributed by atoms with Crippen molar-refractivity contribution in [2.45, 2.75) is 23.5 Å².